The zero-order valence-corrected chi connectivity index (χ0v) is 13.3. The lowest BCUT2D eigenvalue weighted by atomic mass is 9.82. The van der Waals surface area contributed by atoms with Gasteiger partial charge in [-0.2, -0.15) is 0 Å². The van der Waals surface area contributed by atoms with E-state index >= 15 is 0 Å². The molecule has 0 amide bonds. The van der Waals surface area contributed by atoms with Gasteiger partial charge in [-0.15, -0.1) is 0 Å². The van der Waals surface area contributed by atoms with E-state index < -0.39 is 0 Å². The van der Waals surface area contributed by atoms with E-state index in [4.69, 9.17) is 4.74 Å². The Morgan fingerprint density at radius 1 is 1.45 bits per heavy atom. The molecule has 3 heteroatoms. The van der Waals surface area contributed by atoms with Crippen LogP contribution in [0.3, 0.4) is 0 Å². The maximum atomic E-state index is 6.13. The van der Waals surface area contributed by atoms with Crippen molar-refractivity contribution in [3.05, 3.63) is 29.6 Å². The molecule has 2 rings (SSSR count). The van der Waals surface area contributed by atoms with Crippen LogP contribution in [0.1, 0.15) is 57.7 Å². The Labute approximate surface area is 123 Å². The lowest BCUT2D eigenvalue weighted by molar-refractivity contribution is -0.0614. The third kappa shape index (κ3) is 2.89. The second kappa shape index (κ2) is 6.68. The third-order valence-electron chi connectivity index (χ3n) is 4.66. The molecule has 3 nitrogen and oxygen atoms in total. The van der Waals surface area contributed by atoms with Crippen LogP contribution in [0.4, 0.5) is 0 Å². The fraction of sp³-hybridized carbons (Fsp3) is 0.706. The molecule has 1 N–H and O–H groups in total. The van der Waals surface area contributed by atoms with E-state index in [9.17, 15) is 0 Å². The van der Waals surface area contributed by atoms with E-state index in [0.29, 0.717) is 12.0 Å². The number of hydrogen-bond donors (Lipinski definition) is 1. The Hall–Kier alpha value is -0.930. The molecule has 3 unspecified atom stereocenters. The maximum absolute atomic E-state index is 6.13. The van der Waals surface area contributed by atoms with Gasteiger partial charge in [-0.3, -0.25) is 4.98 Å². The van der Waals surface area contributed by atoms with Gasteiger partial charge in [0.25, 0.3) is 0 Å². The largest absolute Gasteiger partial charge is 0.374 e. The van der Waals surface area contributed by atoms with Crippen LogP contribution in [0.5, 0.6) is 0 Å². The molecule has 1 aromatic heterocycles. The van der Waals surface area contributed by atoms with Crippen LogP contribution in [-0.4, -0.2) is 29.8 Å². The number of aromatic nitrogens is 1. The highest BCUT2D eigenvalue weighted by molar-refractivity contribution is 5.31. The highest BCUT2D eigenvalue weighted by Crippen LogP contribution is 2.39. The zero-order valence-electron chi connectivity index (χ0n) is 13.3. The van der Waals surface area contributed by atoms with Crippen molar-refractivity contribution in [2.45, 2.75) is 64.5 Å². The molecule has 0 saturated heterocycles. The lowest BCUT2D eigenvalue weighted by Crippen LogP contribution is -2.53. The minimum atomic E-state index is -0.130. The number of nitrogens with one attached hydrogen (secondary N) is 1. The summed E-state index contributed by atoms with van der Waals surface area (Å²) in [6.45, 7) is 10.4. The van der Waals surface area contributed by atoms with Crippen molar-refractivity contribution >= 4 is 0 Å². The van der Waals surface area contributed by atoms with Crippen molar-refractivity contribution in [1.29, 1.82) is 0 Å². The first-order chi connectivity index (χ1) is 9.66. The minimum absolute atomic E-state index is 0.130. The average Bonchev–Trinajstić information content (AvgIpc) is 2.88. The summed E-state index contributed by atoms with van der Waals surface area (Å²) in [5.74, 6) is 0.461. The Morgan fingerprint density at radius 2 is 2.25 bits per heavy atom. The van der Waals surface area contributed by atoms with Crippen molar-refractivity contribution < 1.29 is 4.74 Å². The van der Waals surface area contributed by atoms with Crippen molar-refractivity contribution in [3.63, 3.8) is 0 Å². The Balaban J connectivity index is 2.30. The van der Waals surface area contributed by atoms with Crippen molar-refractivity contribution in [1.82, 2.24) is 10.3 Å². The van der Waals surface area contributed by atoms with Crippen LogP contribution in [-0.2, 0) is 11.2 Å². The van der Waals surface area contributed by atoms with Crippen LogP contribution in [0.25, 0.3) is 0 Å². The summed E-state index contributed by atoms with van der Waals surface area (Å²) in [5.41, 5.74) is 2.56. The van der Waals surface area contributed by atoms with E-state index in [0.717, 1.165) is 26.0 Å². The first-order valence-corrected chi connectivity index (χ1v) is 7.97. The molecule has 0 fully saturated rings. The SMILES string of the molecule is CCNC(C1CCc2cccnc21)C(C)(CC)OCC. The summed E-state index contributed by atoms with van der Waals surface area (Å²) in [4.78, 5) is 4.66. The number of rotatable bonds is 7. The van der Waals surface area contributed by atoms with Crippen molar-refractivity contribution in [3.8, 4) is 0 Å². The lowest BCUT2D eigenvalue weighted by Gasteiger charge is -2.40. The second-order valence-electron chi connectivity index (χ2n) is 5.83. The standard InChI is InChI=1S/C17H28N2O/c1-5-17(4,20-7-3)16(18-6-2)14-11-10-13-9-8-12-19-15(13)14/h8-9,12,14,16,18H,5-7,10-11H2,1-4H3. The van der Waals surface area contributed by atoms with E-state index in [1.54, 1.807) is 0 Å². The summed E-state index contributed by atoms with van der Waals surface area (Å²) < 4.78 is 6.13. The minimum Gasteiger partial charge on any atom is -0.374 e. The molecule has 3 atom stereocenters. The molecule has 1 aliphatic rings. The van der Waals surface area contributed by atoms with Gasteiger partial charge in [0.05, 0.1) is 5.60 Å². The Morgan fingerprint density at radius 3 is 2.90 bits per heavy atom. The highest BCUT2D eigenvalue weighted by Gasteiger charge is 2.41. The number of fused-ring (bicyclic) bond motifs is 1. The summed E-state index contributed by atoms with van der Waals surface area (Å²) in [7, 11) is 0. The van der Waals surface area contributed by atoms with Gasteiger partial charge in [0.15, 0.2) is 0 Å². The molecule has 1 heterocycles. The van der Waals surface area contributed by atoms with Crippen LogP contribution in [0.2, 0.25) is 0 Å². The zero-order chi connectivity index (χ0) is 14.6. The van der Waals surface area contributed by atoms with Gasteiger partial charge in [0, 0.05) is 30.5 Å². The molecule has 1 aromatic rings. The van der Waals surface area contributed by atoms with Crippen LogP contribution in [0.15, 0.2) is 18.3 Å². The van der Waals surface area contributed by atoms with E-state index in [-0.39, 0.29) is 5.60 Å². The molecular formula is C17H28N2O. The molecule has 0 saturated carbocycles. The van der Waals surface area contributed by atoms with Crippen LogP contribution < -0.4 is 5.32 Å². The number of ether oxygens (including phenoxy) is 1. The monoisotopic (exact) mass is 276 g/mol. The normalized spacial score (nSPS) is 22.3. The molecule has 0 bridgehead atoms. The summed E-state index contributed by atoms with van der Waals surface area (Å²) in [5, 5.41) is 3.68. The Bertz CT molecular complexity index is 435. The van der Waals surface area contributed by atoms with Crippen molar-refractivity contribution in [2.75, 3.05) is 13.2 Å². The molecule has 0 aromatic carbocycles. The highest BCUT2D eigenvalue weighted by atomic mass is 16.5. The number of likely N-dealkylation sites (N-methyl/N-ethyl adjacent to an activating group) is 1. The number of nitrogens with zero attached hydrogens (tertiary/aromatic N) is 1. The average molecular weight is 276 g/mol. The fourth-order valence-electron chi connectivity index (χ4n) is 3.51. The molecule has 1 aliphatic carbocycles. The number of hydrogen-bond acceptors (Lipinski definition) is 3. The molecule has 0 aliphatic heterocycles. The van der Waals surface area contributed by atoms with Gasteiger partial charge in [-0.1, -0.05) is 19.9 Å². The van der Waals surface area contributed by atoms with Crippen LogP contribution in [0, 0.1) is 0 Å². The van der Waals surface area contributed by atoms with Crippen molar-refractivity contribution in [2.24, 2.45) is 0 Å². The number of aryl methyl sites for hydroxylation is 1. The van der Waals surface area contributed by atoms with E-state index in [1.807, 2.05) is 12.3 Å². The fourth-order valence-corrected chi connectivity index (χ4v) is 3.51. The first kappa shape index (κ1) is 15.5. The van der Waals surface area contributed by atoms with E-state index in [1.165, 1.54) is 17.7 Å². The molecular weight excluding hydrogens is 248 g/mol. The smallest absolute Gasteiger partial charge is 0.0810 e. The van der Waals surface area contributed by atoms with Gasteiger partial charge < -0.3 is 10.1 Å². The topological polar surface area (TPSA) is 34.2 Å². The molecule has 20 heavy (non-hydrogen) atoms. The Kier molecular flexibility index (Phi) is 5.17. The second-order valence-corrected chi connectivity index (χ2v) is 5.83. The maximum Gasteiger partial charge on any atom is 0.0810 e. The molecule has 0 radical (unpaired) electrons. The van der Waals surface area contributed by atoms with Gasteiger partial charge in [0.2, 0.25) is 0 Å². The van der Waals surface area contributed by atoms with Crippen LogP contribution >= 0.6 is 0 Å². The number of pyridine rings is 1. The summed E-state index contributed by atoms with van der Waals surface area (Å²) in [6, 6.07) is 4.59. The van der Waals surface area contributed by atoms with Gasteiger partial charge in [-0.05, 0) is 51.3 Å². The quantitative estimate of drug-likeness (QED) is 0.829. The van der Waals surface area contributed by atoms with Gasteiger partial charge in [-0.25, -0.2) is 0 Å². The predicted octanol–water partition coefficient (Wildman–Crippen LogP) is 3.29. The summed E-state index contributed by atoms with van der Waals surface area (Å²) in [6.07, 6.45) is 5.25. The first-order valence-electron chi connectivity index (χ1n) is 7.97. The molecule has 112 valence electrons. The van der Waals surface area contributed by atoms with Gasteiger partial charge >= 0.3 is 0 Å². The summed E-state index contributed by atoms with van der Waals surface area (Å²) >= 11 is 0. The molecule has 0 spiro atoms. The predicted molar refractivity (Wildman–Crippen MR) is 83.1 cm³/mol. The third-order valence-corrected chi connectivity index (χ3v) is 4.66. The van der Waals surface area contributed by atoms with Gasteiger partial charge in [0.1, 0.15) is 0 Å². The van der Waals surface area contributed by atoms with E-state index in [2.05, 4.69) is 44.1 Å².